The fourth-order valence-corrected chi connectivity index (χ4v) is 5.94. The normalized spacial score (nSPS) is 16.4. The molecule has 8 heteroatoms. The number of nitrogens with zero attached hydrogens (tertiary/aromatic N) is 3. The largest absolute Gasteiger partial charge is 0.395 e. The van der Waals surface area contributed by atoms with Gasteiger partial charge in [-0.05, 0) is 38.1 Å². The van der Waals surface area contributed by atoms with Gasteiger partial charge in [-0.1, -0.05) is 18.9 Å². The third kappa shape index (κ3) is 3.67. The van der Waals surface area contributed by atoms with E-state index in [4.69, 9.17) is 0 Å². The molecule has 138 valence electrons. The van der Waals surface area contributed by atoms with Gasteiger partial charge < -0.3 is 5.11 Å². The van der Waals surface area contributed by atoms with Gasteiger partial charge in [-0.15, -0.1) is 11.3 Å². The number of sulfonamides is 1. The van der Waals surface area contributed by atoms with Crippen LogP contribution in [-0.4, -0.2) is 46.8 Å². The van der Waals surface area contributed by atoms with Crippen molar-refractivity contribution in [2.45, 2.75) is 56.5 Å². The second-order valence-corrected chi connectivity index (χ2v) is 9.48. The van der Waals surface area contributed by atoms with Crippen LogP contribution < -0.4 is 0 Å². The van der Waals surface area contributed by atoms with Crippen molar-refractivity contribution in [1.82, 2.24) is 14.1 Å². The summed E-state index contributed by atoms with van der Waals surface area (Å²) in [5.74, 6) is 0. The summed E-state index contributed by atoms with van der Waals surface area (Å²) in [7, 11) is -3.73. The minimum atomic E-state index is -3.73. The van der Waals surface area contributed by atoms with E-state index in [-0.39, 0.29) is 30.1 Å². The highest BCUT2D eigenvalue weighted by Gasteiger charge is 2.33. The van der Waals surface area contributed by atoms with Crippen molar-refractivity contribution in [3.8, 4) is 10.6 Å². The summed E-state index contributed by atoms with van der Waals surface area (Å²) in [4.78, 5) is 1.09. The van der Waals surface area contributed by atoms with Crippen molar-refractivity contribution in [2.24, 2.45) is 0 Å². The smallest absolute Gasteiger partial charge is 0.247 e. The number of aromatic nitrogens is 2. The van der Waals surface area contributed by atoms with E-state index in [2.05, 4.69) is 5.10 Å². The Bertz CT molecular complexity index is 791. The molecule has 1 aliphatic carbocycles. The van der Waals surface area contributed by atoms with Crippen LogP contribution in [0, 0.1) is 0 Å². The first kappa shape index (κ1) is 18.6. The zero-order valence-corrected chi connectivity index (χ0v) is 16.3. The van der Waals surface area contributed by atoms with Crippen LogP contribution in [0.1, 0.15) is 45.6 Å². The number of hydrogen-bond donors (Lipinski definition) is 1. The lowest BCUT2D eigenvalue weighted by Crippen LogP contribution is -2.39. The summed E-state index contributed by atoms with van der Waals surface area (Å²) in [5, 5.41) is 15.9. The van der Waals surface area contributed by atoms with Crippen LogP contribution in [0.2, 0.25) is 0 Å². The molecule has 1 fully saturated rings. The first-order valence-electron chi connectivity index (χ1n) is 8.71. The van der Waals surface area contributed by atoms with E-state index in [1.165, 1.54) is 15.6 Å². The number of thiophene rings is 1. The SMILES string of the molecule is CC(C)N(CCO)S(=O)(=O)c1cn(C2CCCC2)nc1-c1cccs1. The van der Waals surface area contributed by atoms with Crippen LogP contribution in [0.3, 0.4) is 0 Å². The quantitative estimate of drug-likeness (QED) is 0.797. The molecule has 2 aromatic heterocycles. The summed E-state index contributed by atoms with van der Waals surface area (Å²) in [6.45, 7) is 3.51. The Morgan fingerprint density at radius 3 is 2.68 bits per heavy atom. The molecule has 0 bridgehead atoms. The number of hydrogen-bond acceptors (Lipinski definition) is 5. The molecular formula is C17H25N3O3S2. The number of aliphatic hydroxyl groups excluding tert-OH is 1. The van der Waals surface area contributed by atoms with Crippen LogP contribution in [0.15, 0.2) is 28.6 Å². The lowest BCUT2D eigenvalue weighted by atomic mass is 10.3. The molecule has 2 heterocycles. The lowest BCUT2D eigenvalue weighted by Gasteiger charge is -2.24. The molecule has 0 spiro atoms. The monoisotopic (exact) mass is 383 g/mol. The van der Waals surface area contributed by atoms with Crippen LogP contribution in [0.25, 0.3) is 10.6 Å². The highest BCUT2D eigenvalue weighted by atomic mass is 32.2. The maximum absolute atomic E-state index is 13.3. The van der Waals surface area contributed by atoms with Crippen molar-refractivity contribution in [1.29, 1.82) is 0 Å². The van der Waals surface area contributed by atoms with Gasteiger partial charge in [0.25, 0.3) is 0 Å². The van der Waals surface area contributed by atoms with Crippen LogP contribution >= 0.6 is 11.3 Å². The maximum atomic E-state index is 13.3. The summed E-state index contributed by atoms with van der Waals surface area (Å²) in [5.41, 5.74) is 0.519. The van der Waals surface area contributed by atoms with Gasteiger partial charge in [0.2, 0.25) is 10.0 Å². The summed E-state index contributed by atoms with van der Waals surface area (Å²) in [6, 6.07) is 3.84. The molecule has 0 aromatic carbocycles. The highest BCUT2D eigenvalue weighted by molar-refractivity contribution is 7.89. The first-order valence-corrected chi connectivity index (χ1v) is 11.0. The van der Waals surface area contributed by atoms with Crippen LogP contribution in [0.4, 0.5) is 0 Å². The van der Waals surface area contributed by atoms with E-state index in [1.54, 1.807) is 6.20 Å². The van der Waals surface area contributed by atoms with E-state index in [1.807, 2.05) is 36.0 Å². The predicted molar refractivity (Wildman–Crippen MR) is 99.2 cm³/mol. The Morgan fingerprint density at radius 1 is 1.40 bits per heavy atom. The zero-order chi connectivity index (χ0) is 18.0. The van der Waals surface area contributed by atoms with Gasteiger partial charge in [0.05, 0.1) is 17.5 Å². The van der Waals surface area contributed by atoms with Gasteiger partial charge in [-0.25, -0.2) is 8.42 Å². The number of rotatable bonds is 7. The Hall–Kier alpha value is -1.22. The summed E-state index contributed by atoms with van der Waals surface area (Å²) in [6.07, 6.45) is 6.07. The van der Waals surface area contributed by atoms with Crippen LogP contribution in [-0.2, 0) is 10.0 Å². The van der Waals surface area contributed by atoms with Crippen molar-refractivity contribution in [2.75, 3.05) is 13.2 Å². The summed E-state index contributed by atoms with van der Waals surface area (Å²) >= 11 is 1.49. The molecule has 0 saturated heterocycles. The minimum Gasteiger partial charge on any atom is -0.395 e. The molecule has 6 nitrogen and oxygen atoms in total. The van der Waals surface area contributed by atoms with Gasteiger partial charge >= 0.3 is 0 Å². The zero-order valence-electron chi connectivity index (χ0n) is 14.6. The molecule has 0 unspecified atom stereocenters. The predicted octanol–water partition coefficient (Wildman–Crippen LogP) is 3.12. The van der Waals surface area contributed by atoms with Crippen LogP contribution in [0.5, 0.6) is 0 Å². The Labute approximate surface area is 153 Å². The fraction of sp³-hybridized carbons (Fsp3) is 0.588. The van der Waals surface area contributed by atoms with Gasteiger partial charge in [-0.2, -0.15) is 9.40 Å². The van der Waals surface area contributed by atoms with Gasteiger partial charge in [-0.3, -0.25) is 4.68 Å². The maximum Gasteiger partial charge on any atom is 0.247 e. The molecule has 1 N–H and O–H groups in total. The molecule has 25 heavy (non-hydrogen) atoms. The van der Waals surface area contributed by atoms with E-state index in [0.29, 0.717) is 5.69 Å². The molecule has 3 rings (SSSR count). The van der Waals surface area contributed by atoms with Crippen molar-refractivity contribution < 1.29 is 13.5 Å². The Kier molecular flexibility index (Phi) is 5.62. The minimum absolute atomic E-state index is 0.0818. The third-order valence-electron chi connectivity index (χ3n) is 4.63. The lowest BCUT2D eigenvalue weighted by molar-refractivity contribution is 0.236. The van der Waals surface area contributed by atoms with Gasteiger partial charge in [0.1, 0.15) is 10.6 Å². The van der Waals surface area contributed by atoms with Gasteiger partial charge in [0, 0.05) is 18.8 Å². The number of aliphatic hydroxyl groups is 1. The Morgan fingerprint density at radius 2 is 2.12 bits per heavy atom. The summed E-state index contributed by atoms with van der Waals surface area (Å²) < 4.78 is 29.7. The average Bonchev–Trinajstić information content (AvgIpc) is 3.31. The molecule has 0 atom stereocenters. The van der Waals surface area contributed by atoms with E-state index >= 15 is 0 Å². The van der Waals surface area contributed by atoms with E-state index in [9.17, 15) is 13.5 Å². The second-order valence-electron chi connectivity index (χ2n) is 6.67. The van der Waals surface area contributed by atoms with E-state index in [0.717, 1.165) is 30.6 Å². The van der Waals surface area contributed by atoms with Crippen molar-refractivity contribution in [3.63, 3.8) is 0 Å². The van der Waals surface area contributed by atoms with Crippen molar-refractivity contribution in [3.05, 3.63) is 23.7 Å². The molecule has 1 aliphatic rings. The van der Waals surface area contributed by atoms with Gasteiger partial charge in [0.15, 0.2) is 0 Å². The molecule has 0 radical (unpaired) electrons. The van der Waals surface area contributed by atoms with E-state index < -0.39 is 10.0 Å². The topological polar surface area (TPSA) is 75.4 Å². The first-order chi connectivity index (χ1) is 11.9. The Balaban J connectivity index is 2.09. The molecule has 2 aromatic rings. The second kappa shape index (κ2) is 7.57. The standard InChI is InChI=1S/C17H25N3O3S2/c1-13(2)20(9-10-21)25(22,23)16-12-19(14-6-3-4-7-14)18-17(16)15-8-5-11-24-15/h5,8,11-14,21H,3-4,6-7,9-10H2,1-2H3. The molecule has 1 saturated carbocycles. The fourth-order valence-electron chi connectivity index (χ4n) is 3.38. The molecule has 0 amide bonds. The molecule has 0 aliphatic heterocycles. The van der Waals surface area contributed by atoms with Crippen molar-refractivity contribution >= 4 is 21.4 Å². The third-order valence-corrected chi connectivity index (χ3v) is 7.59. The molecular weight excluding hydrogens is 358 g/mol. The highest BCUT2D eigenvalue weighted by Crippen LogP contribution is 2.36. The average molecular weight is 384 g/mol.